The number of nitrogens with zero attached hydrogens (tertiary/aromatic N) is 4. The lowest BCUT2D eigenvalue weighted by Gasteiger charge is -2.19. The summed E-state index contributed by atoms with van der Waals surface area (Å²) in [5, 5.41) is 9.66. The maximum Gasteiger partial charge on any atom is 0.414 e. The number of carbonyl (C=O) groups is 2. The minimum Gasteiger partial charge on any atom is -0.447 e. The van der Waals surface area contributed by atoms with Gasteiger partial charge in [0.2, 0.25) is 11.7 Å². The molecule has 1 aromatic carbocycles. The number of urea groups is 1. The Kier molecular flexibility index (Phi) is 5.78. The Labute approximate surface area is 178 Å². The summed E-state index contributed by atoms with van der Waals surface area (Å²) >= 11 is 0. The summed E-state index contributed by atoms with van der Waals surface area (Å²) in [6.45, 7) is 4.70. The number of aromatic nitrogens is 3. The smallest absolute Gasteiger partial charge is 0.414 e. The Morgan fingerprint density at radius 3 is 2.81 bits per heavy atom. The Hall–Kier alpha value is -3.95. The molecule has 1 fully saturated rings. The van der Waals surface area contributed by atoms with E-state index in [0.717, 1.165) is 5.56 Å². The number of amides is 3. The zero-order valence-corrected chi connectivity index (χ0v) is 17.1. The molecule has 0 aliphatic carbocycles. The van der Waals surface area contributed by atoms with Crippen molar-refractivity contribution in [3.8, 4) is 11.4 Å². The van der Waals surface area contributed by atoms with E-state index in [-0.39, 0.29) is 5.92 Å². The lowest BCUT2D eigenvalue weighted by Crippen LogP contribution is -2.35. The van der Waals surface area contributed by atoms with E-state index in [0.29, 0.717) is 36.2 Å². The molecule has 3 amide bonds. The van der Waals surface area contributed by atoms with E-state index < -0.39 is 18.2 Å². The number of benzene rings is 1. The van der Waals surface area contributed by atoms with Crippen molar-refractivity contribution < 1.29 is 18.8 Å². The SMILES string of the molecule is CC(C)C(NC(=O)Nc1cccc(N2CCOC2=O)c1)c1nc(-c2cccnc2)no1. The van der Waals surface area contributed by atoms with E-state index in [1.165, 1.54) is 4.90 Å². The number of rotatable bonds is 6. The number of cyclic esters (lactones) is 1. The molecule has 2 N–H and O–H groups in total. The number of anilines is 2. The van der Waals surface area contributed by atoms with Gasteiger partial charge in [-0.05, 0) is 36.2 Å². The van der Waals surface area contributed by atoms with E-state index in [2.05, 4.69) is 25.8 Å². The van der Waals surface area contributed by atoms with E-state index in [9.17, 15) is 9.59 Å². The average molecular weight is 422 g/mol. The van der Waals surface area contributed by atoms with E-state index >= 15 is 0 Å². The molecule has 1 aliphatic rings. The van der Waals surface area contributed by atoms with Gasteiger partial charge in [0.1, 0.15) is 12.6 Å². The number of nitrogens with one attached hydrogen (secondary N) is 2. The van der Waals surface area contributed by atoms with Crippen LogP contribution >= 0.6 is 0 Å². The molecule has 1 atom stereocenters. The summed E-state index contributed by atoms with van der Waals surface area (Å²) < 4.78 is 10.4. The van der Waals surface area contributed by atoms with Crippen LogP contribution in [0, 0.1) is 5.92 Å². The molecule has 1 aliphatic heterocycles. The van der Waals surface area contributed by atoms with Crippen LogP contribution in [0.25, 0.3) is 11.4 Å². The predicted octanol–water partition coefficient (Wildman–Crippen LogP) is 3.61. The largest absolute Gasteiger partial charge is 0.447 e. The molecule has 0 radical (unpaired) electrons. The lowest BCUT2D eigenvalue weighted by atomic mass is 10.0. The average Bonchev–Trinajstić information content (AvgIpc) is 3.42. The van der Waals surface area contributed by atoms with Crippen LogP contribution in [0.3, 0.4) is 0 Å². The van der Waals surface area contributed by atoms with Crippen molar-refractivity contribution in [3.63, 3.8) is 0 Å². The van der Waals surface area contributed by atoms with E-state index in [1.807, 2.05) is 19.9 Å². The third kappa shape index (κ3) is 4.63. The summed E-state index contributed by atoms with van der Waals surface area (Å²) in [7, 11) is 0. The molecule has 3 heterocycles. The summed E-state index contributed by atoms with van der Waals surface area (Å²) in [4.78, 5) is 34.4. The third-order valence-corrected chi connectivity index (χ3v) is 4.76. The first-order valence-electron chi connectivity index (χ1n) is 9.87. The first kappa shape index (κ1) is 20.3. The molecule has 3 aromatic rings. The van der Waals surface area contributed by atoms with Crippen LogP contribution in [0.15, 0.2) is 53.3 Å². The molecule has 0 saturated carbocycles. The monoisotopic (exact) mass is 422 g/mol. The molecular formula is C21H22N6O4. The summed E-state index contributed by atoms with van der Waals surface area (Å²) in [5.41, 5.74) is 1.92. The molecular weight excluding hydrogens is 400 g/mol. The first-order valence-corrected chi connectivity index (χ1v) is 9.87. The predicted molar refractivity (Wildman–Crippen MR) is 112 cm³/mol. The van der Waals surface area contributed by atoms with Gasteiger partial charge in [-0.15, -0.1) is 0 Å². The van der Waals surface area contributed by atoms with Crippen molar-refractivity contribution in [1.29, 1.82) is 0 Å². The number of hydrogen-bond donors (Lipinski definition) is 2. The number of hydrogen-bond acceptors (Lipinski definition) is 7. The first-order chi connectivity index (χ1) is 15.0. The van der Waals surface area contributed by atoms with Gasteiger partial charge >= 0.3 is 12.1 Å². The van der Waals surface area contributed by atoms with Crippen molar-refractivity contribution in [2.75, 3.05) is 23.4 Å². The van der Waals surface area contributed by atoms with Crippen LogP contribution in [-0.2, 0) is 4.74 Å². The van der Waals surface area contributed by atoms with E-state index in [4.69, 9.17) is 9.26 Å². The Morgan fingerprint density at radius 2 is 2.10 bits per heavy atom. The minimum absolute atomic E-state index is 0.00125. The zero-order valence-electron chi connectivity index (χ0n) is 17.1. The Balaban J connectivity index is 1.45. The quantitative estimate of drug-likeness (QED) is 0.622. The third-order valence-electron chi connectivity index (χ3n) is 4.76. The molecule has 10 nitrogen and oxygen atoms in total. The molecule has 1 unspecified atom stereocenters. The molecule has 160 valence electrons. The highest BCUT2D eigenvalue weighted by Gasteiger charge is 2.26. The molecule has 0 spiro atoms. The molecule has 31 heavy (non-hydrogen) atoms. The number of ether oxygens (including phenoxy) is 1. The second-order valence-corrected chi connectivity index (χ2v) is 7.33. The van der Waals surface area contributed by atoms with Gasteiger partial charge < -0.3 is 19.9 Å². The van der Waals surface area contributed by atoms with Gasteiger partial charge in [0.05, 0.1) is 6.54 Å². The summed E-state index contributed by atoms with van der Waals surface area (Å²) in [6, 6.07) is 9.68. The highest BCUT2D eigenvalue weighted by Crippen LogP contribution is 2.25. The number of pyridine rings is 1. The van der Waals surface area contributed by atoms with Crippen LogP contribution in [0.1, 0.15) is 25.8 Å². The van der Waals surface area contributed by atoms with Crippen molar-refractivity contribution in [3.05, 3.63) is 54.7 Å². The fourth-order valence-corrected chi connectivity index (χ4v) is 3.18. The topological polar surface area (TPSA) is 122 Å². The van der Waals surface area contributed by atoms with Gasteiger partial charge in [-0.25, -0.2) is 9.59 Å². The highest BCUT2D eigenvalue weighted by atomic mass is 16.6. The van der Waals surface area contributed by atoms with Crippen molar-refractivity contribution in [2.24, 2.45) is 5.92 Å². The lowest BCUT2D eigenvalue weighted by molar-refractivity contribution is 0.181. The van der Waals surface area contributed by atoms with E-state index in [1.54, 1.807) is 42.7 Å². The van der Waals surface area contributed by atoms with Crippen molar-refractivity contribution >= 4 is 23.5 Å². The molecule has 2 aromatic heterocycles. The van der Waals surface area contributed by atoms with Crippen LogP contribution in [0.2, 0.25) is 0 Å². The summed E-state index contributed by atoms with van der Waals surface area (Å²) in [5.74, 6) is 0.706. The minimum atomic E-state index is -0.491. The molecule has 1 saturated heterocycles. The summed E-state index contributed by atoms with van der Waals surface area (Å²) in [6.07, 6.45) is 2.90. The Bertz CT molecular complexity index is 1070. The van der Waals surface area contributed by atoms with Gasteiger partial charge in [0.15, 0.2) is 0 Å². The Morgan fingerprint density at radius 1 is 1.23 bits per heavy atom. The number of carbonyl (C=O) groups excluding carboxylic acids is 2. The molecule has 10 heteroatoms. The normalized spacial score (nSPS) is 14.4. The van der Waals surface area contributed by atoms with Crippen molar-refractivity contribution in [1.82, 2.24) is 20.4 Å². The maximum absolute atomic E-state index is 12.6. The standard InChI is InChI=1S/C21H22N6O4/c1-13(2)17(19-25-18(26-31-19)14-5-4-8-22-12-14)24-20(28)23-15-6-3-7-16(11-15)27-9-10-30-21(27)29/h3-8,11-13,17H,9-10H2,1-2H3,(H2,23,24,28). The van der Waals surface area contributed by atoms with Crippen LogP contribution in [0.5, 0.6) is 0 Å². The van der Waals surface area contributed by atoms with Gasteiger partial charge in [-0.3, -0.25) is 9.88 Å². The fourth-order valence-electron chi connectivity index (χ4n) is 3.18. The van der Waals surface area contributed by atoms with Crippen LogP contribution < -0.4 is 15.5 Å². The molecule has 4 rings (SSSR count). The van der Waals surface area contributed by atoms with Gasteiger partial charge in [-0.2, -0.15) is 4.98 Å². The fraction of sp³-hybridized carbons (Fsp3) is 0.286. The second-order valence-electron chi connectivity index (χ2n) is 7.33. The van der Waals surface area contributed by atoms with Crippen LogP contribution in [0.4, 0.5) is 21.0 Å². The van der Waals surface area contributed by atoms with Crippen molar-refractivity contribution in [2.45, 2.75) is 19.9 Å². The molecule has 0 bridgehead atoms. The van der Waals surface area contributed by atoms with Gasteiger partial charge in [-0.1, -0.05) is 25.1 Å². The maximum atomic E-state index is 12.6. The van der Waals surface area contributed by atoms with Gasteiger partial charge in [0.25, 0.3) is 0 Å². The zero-order chi connectivity index (χ0) is 21.8. The second kappa shape index (κ2) is 8.82. The van der Waals surface area contributed by atoms with Gasteiger partial charge in [0, 0.05) is 29.3 Å². The highest BCUT2D eigenvalue weighted by molar-refractivity contribution is 5.93. The van der Waals surface area contributed by atoms with Crippen LogP contribution in [-0.4, -0.2) is 40.4 Å².